The number of aliphatic hydroxyl groups excluding tert-OH is 1. The summed E-state index contributed by atoms with van der Waals surface area (Å²) in [4.78, 5) is 3.14. The minimum Gasteiger partial charge on any atom is -0.481 e. The second kappa shape index (κ2) is 3.46. The Balaban J connectivity index is 2.45. The van der Waals surface area contributed by atoms with Crippen LogP contribution >= 0.6 is 0 Å². The van der Waals surface area contributed by atoms with Gasteiger partial charge in [-0.05, 0) is 17.5 Å². The summed E-state index contributed by atoms with van der Waals surface area (Å²) in [5.74, 6) is -0.100. The van der Waals surface area contributed by atoms with Gasteiger partial charge in [-0.2, -0.15) is 0 Å². The summed E-state index contributed by atoms with van der Waals surface area (Å²) < 4.78 is 4.65. The van der Waals surface area contributed by atoms with Crippen LogP contribution in [0.1, 0.15) is 5.69 Å². The SMILES string of the molecule is CO/C(O)=C/c1cc2ccccc2[nH]1. The Hall–Kier alpha value is -1.90. The predicted octanol–water partition coefficient (Wildman–Crippen LogP) is 2.67. The molecule has 72 valence electrons. The maximum atomic E-state index is 9.16. The van der Waals surface area contributed by atoms with Gasteiger partial charge in [0.1, 0.15) is 0 Å². The van der Waals surface area contributed by atoms with E-state index < -0.39 is 0 Å². The molecule has 0 aliphatic heterocycles. The second-order valence-electron chi connectivity index (χ2n) is 3.00. The molecule has 2 N–H and O–H groups in total. The van der Waals surface area contributed by atoms with Gasteiger partial charge in [0.15, 0.2) is 0 Å². The fourth-order valence-electron chi connectivity index (χ4n) is 1.37. The van der Waals surface area contributed by atoms with Crippen molar-refractivity contribution in [1.82, 2.24) is 4.98 Å². The first-order chi connectivity index (χ1) is 6.79. The third kappa shape index (κ3) is 1.57. The number of aromatic amines is 1. The Morgan fingerprint density at radius 1 is 1.43 bits per heavy atom. The normalized spacial score (nSPS) is 11.9. The highest BCUT2D eigenvalue weighted by atomic mass is 16.6. The summed E-state index contributed by atoms with van der Waals surface area (Å²) in [6.45, 7) is 0. The molecule has 0 bridgehead atoms. The highest BCUT2D eigenvalue weighted by Crippen LogP contribution is 2.16. The summed E-state index contributed by atoms with van der Waals surface area (Å²) in [5, 5.41) is 10.3. The lowest BCUT2D eigenvalue weighted by molar-refractivity contribution is 0.141. The third-order valence-corrected chi connectivity index (χ3v) is 2.04. The number of aliphatic hydroxyl groups is 1. The number of methoxy groups -OCH3 is 1. The van der Waals surface area contributed by atoms with Crippen molar-refractivity contribution in [3.05, 3.63) is 42.0 Å². The number of H-pyrrole nitrogens is 1. The molecule has 1 aromatic heterocycles. The molecule has 0 radical (unpaired) electrons. The Kier molecular flexibility index (Phi) is 2.14. The second-order valence-corrected chi connectivity index (χ2v) is 3.00. The van der Waals surface area contributed by atoms with E-state index in [4.69, 9.17) is 5.11 Å². The molecule has 3 nitrogen and oxygen atoms in total. The molecule has 0 amide bonds. The molecule has 1 aromatic carbocycles. The van der Waals surface area contributed by atoms with Crippen LogP contribution in [0.3, 0.4) is 0 Å². The topological polar surface area (TPSA) is 45.2 Å². The van der Waals surface area contributed by atoms with Crippen LogP contribution in [0.4, 0.5) is 0 Å². The fourth-order valence-corrected chi connectivity index (χ4v) is 1.37. The lowest BCUT2D eigenvalue weighted by Gasteiger charge is -1.93. The van der Waals surface area contributed by atoms with Gasteiger partial charge in [-0.3, -0.25) is 0 Å². The number of hydrogen-bond donors (Lipinski definition) is 2. The molecular formula is C11H11NO2. The van der Waals surface area contributed by atoms with Crippen molar-refractivity contribution in [2.75, 3.05) is 7.11 Å². The summed E-state index contributed by atoms with van der Waals surface area (Å²) in [5.41, 5.74) is 1.87. The lowest BCUT2D eigenvalue weighted by Crippen LogP contribution is -1.82. The van der Waals surface area contributed by atoms with Crippen LogP contribution < -0.4 is 0 Å². The van der Waals surface area contributed by atoms with Gasteiger partial charge in [0.2, 0.25) is 0 Å². The van der Waals surface area contributed by atoms with Crippen molar-refractivity contribution >= 4 is 17.0 Å². The molecule has 0 fully saturated rings. The van der Waals surface area contributed by atoms with E-state index in [1.807, 2.05) is 30.3 Å². The molecule has 2 rings (SSSR count). The molecule has 3 heteroatoms. The predicted molar refractivity (Wildman–Crippen MR) is 55.9 cm³/mol. The van der Waals surface area contributed by atoms with Crippen molar-refractivity contribution in [2.24, 2.45) is 0 Å². The number of ether oxygens (including phenoxy) is 1. The van der Waals surface area contributed by atoms with E-state index in [9.17, 15) is 0 Å². The maximum Gasteiger partial charge on any atom is 0.278 e. The van der Waals surface area contributed by atoms with Gasteiger partial charge in [-0.1, -0.05) is 18.2 Å². The minimum absolute atomic E-state index is 0.100. The zero-order valence-corrected chi connectivity index (χ0v) is 7.82. The highest BCUT2D eigenvalue weighted by molar-refractivity contribution is 5.82. The molecule has 0 aliphatic rings. The summed E-state index contributed by atoms with van der Waals surface area (Å²) >= 11 is 0. The number of benzene rings is 1. The van der Waals surface area contributed by atoms with Gasteiger partial charge in [-0.25, -0.2) is 0 Å². The summed E-state index contributed by atoms with van der Waals surface area (Å²) in [7, 11) is 1.43. The lowest BCUT2D eigenvalue weighted by atomic mass is 10.2. The van der Waals surface area contributed by atoms with Gasteiger partial charge in [0.05, 0.1) is 7.11 Å². The van der Waals surface area contributed by atoms with Crippen molar-refractivity contribution < 1.29 is 9.84 Å². The Labute approximate surface area is 81.6 Å². The van der Waals surface area contributed by atoms with Crippen molar-refractivity contribution in [3.63, 3.8) is 0 Å². The summed E-state index contributed by atoms with van der Waals surface area (Å²) in [6.07, 6.45) is 1.54. The molecular weight excluding hydrogens is 178 g/mol. The van der Waals surface area contributed by atoms with Crippen LogP contribution in [-0.2, 0) is 4.74 Å². The smallest absolute Gasteiger partial charge is 0.278 e. The average molecular weight is 189 g/mol. The number of hydrogen-bond acceptors (Lipinski definition) is 2. The Morgan fingerprint density at radius 2 is 2.21 bits per heavy atom. The number of rotatable bonds is 2. The first kappa shape index (κ1) is 8.69. The van der Waals surface area contributed by atoms with E-state index >= 15 is 0 Å². The first-order valence-corrected chi connectivity index (χ1v) is 4.32. The standard InChI is InChI=1S/C11H11NO2/c1-14-11(13)7-9-6-8-4-2-3-5-10(8)12-9/h2-7,12-13H,1H3/b11-7+. The average Bonchev–Trinajstić information content (AvgIpc) is 2.59. The van der Waals surface area contributed by atoms with Gasteiger partial charge in [0, 0.05) is 17.3 Å². The number of para-hydroxylation sites is 1. The quantitative estimate of drug-likeness (QED) is 0.713. The summed E-state index contributed by atoms with van der Waals surface area (Å²) in [6, 6.07) is 9.87. The molecule has 14 heavy (non-hydrogen) atoms. The van der Waals surface area contributed by atoms with Crippen molar-refractivity contribution in [1.29, 1.82) is 0 Å². The molecule has 1 heterocycles. The van der Waals surface area contributed by atoms with Crippen molar-refractivity contribution in [2.45, 2.75) is 0 Å². The monoisotopic (exact) mass is 189 g/mol. The van der Waals surface area contributed by atoms with Crippen LogP contribution in [-0.4, -0.2) is 17.2 Å². The zero-order chi connectivity index (χ0) is 9.97. The molecule has 0 atom stereocenters. The molecule has 0 saturated heterocycles. The van der Waals surface area contributed by atoms with Gasteiger partial charge >= 0.3 is 0 Å². The number of fused-ring (bicyclic) bond motifs is 1. The Morgan fingerprint density at radius 3 is 2.93 bits per heavy atom. The minimum atomic E-state index is -0.100. The largest absolute Gasteiger partial charge is 0.481 e. The van der Waals surface area contributed by atoms with Crippen LogP contribution in [0.2, 0.25) is 0 Å². The van der Waals surface area contributed by atoms with Crippen molar-refractivity contribution in [3.8, 4) is 0 Å². The van der Waals surface area contributed by atoms with E-state index in [0.717, 1.165) is 16.6 Å². The third-order valence-electron chi connectivity index (χ3n) is 2.04. The van der Waals surface area contributed by atoms with Gasteiger partial charge in [0.25, 0.3) is 5.95 Å². The zero-order valence-electron chi connectivity index (χ0n) is 7.82. The van der Waals surface area contributed by atoms with Crippen LogP contribution in [0.15, 0.2) is 36.3 Å². The van der Waals surface area contributed by atoms with Crippen LogP contribution in [0.25, 0.3) is 17.0 Å². The maximum absolute atomic E-state index is 9.16. The molecule has 0 unspecified atom stereocenters. The molecule has 0 aliphatic carbocycles. The van der Waals surface area contributed by atoms with E-state index in [2.05, 4.69) is 9.72 Å². The van der Waals surface area contributed by atoms with Gasteiger partial charge in [-0.15, -0.1) is 0 Å². The number of aromatic nitrogens is 1. The molecule has 0 saturated carbocycles. The first-order valence-electron chi connectivity index (χ1n) is 4.32. The van der Waals surface area contributed by atoms with E-state index in [1.165, 1.54) is 7.11 Å². The Bertz CT molecular complexity index is 438. The molecule has 2 aromatic rings. The number of nitrogens with one attached hydrogen (secondary N) is 1. The van der Waals surface area contributed by atoms with Crippen LogP contribution in [0.5, 0.6) is 0 Å². The van der Waals surface area contributed by atoms with E-state index in [1.54, 1.807) is 6.08 Å². The molecule has 0 spiro atoms. The van der Waals surface area contributed by atoms with E-state index in [-0.39, 0.29) is 5.95 Å². The van der Waals surface area contributed by atoms with Gasteiger partial charge < -0.3 is 14.8 Å². The highest BCUT2D eigenvalue weighted by Gasteiger charge is 1.98. The van der Waals surface area contributed by atoms with E-state index in [0.29, 0.717) is 0 Å². The fraction of sp³-hybridized carbons (Fsp3) is 0.0909. The van der Waals surface area contributed by atoms with Crippen LogP contribution in [0, 0.1) is 0 Å².